The summed E-state index contributed by atoms with van der Waals surface area (Å²) >= 11 is 1.44. The third-order valence-corrected chi connectivity index (χ3v) is 5.25. The van der Waals surface area contributed by atoms with Crippen LogP contribution in [0.4, 0.5) is 5.69 Å². The molecule has 0 aliphatic rings. The van der Waals surface area contributed by atoms with E-state index in [0.717, 1.165) is 11.3 Å². The third kappa shape index (κ3) is 2.94. The van der Waals surface area contributed by atoms with Crippen molar-refractivity contribution in [3.8, 4) is 0 Å². The van der Waals surface area contributed by atoms with Gasteiger partial charge in [0.05, 0.1) is 22.6 Å². The van der Waals surface area contributed by atoms with Crippen LogP contribution in [-0.2, 0) is 16.6 Å². The van der Waals surface area contributed by atoms with Crippen LogP contribution in [-0.4, -0.2) is 24.8 Å². The first-order valence-electron chi connectivity index (χ1n) is 5.61. The molecule has 102 valence electrons. The van der Waals surface area contributed by atoms with Gasteiger partial charge in [-0.1, -0.05) is 0 Å². The summed E-state index contributed by atoms with van der Waals surface area (Å²) < 4.78 is 26.1. The van der Waals surface area contributed by atoms with E-state index in [1.165, 1.54) is 21.7 Å². The highest BCUT2D eigenvalue weighted by Gasteiger charge is 2.21. The molecule has 0 aliphatic carbocycles. The Bertz CT molecular complexity index is 666. The zero-order valence-corrected chi connectivity index (χ0v) is 12.3. The zero-order valence-electron chi connectivity index (χ0n) is 10.7. The molecule has 1 heterocycles. The number of sulfonamides is 1. The Labute approximate surface area is 116 Å². The van der Waals surface area contributed by atoms with Crippen LogP contribution in [0.3, 0.4) is 0 Å². The first-order valence-corrected chi connectivity index (χ1v) is 7.99. The zero-order chi connectivity index (χ0) is 14.0. The van der Waals surface area contributed by atoms with Gasteiger partial charge >= 0.3 is 0 Å². The Morgan fingerprint density at radius 2 is 2.16 bits per heavy atom. The van der Waals surface area contributed by atoms with Crippen molar-refractivity contribution in [2.45, 2.75) is 18.4 Å². The highest BCUT2D eigenvalue weighted by molar-refractivity contribution is 7.89. The van der Waals surface area contributed by atoms with Gasteiger partial charge in [-0.15, -0.1) is 11.3 Å². The van der Waals surface area contributed by atoms with Crippen LogP contribution in [0.2, 0.25) is 0 Å². The van der Waals surface area contributed by atoms with Crippen molar-refractivity contribution < 1.29 is 8.42 Å². The van der Waals surface area contributed by atoms with Gasteiger partial charge in [-0.05, 0) is 30.7 Å². The average Bonchev–Trinajstić information content (AvgIpc) is 2.85. The highest BCUT2D eigenvalue weighted by Crippen LogP contribution is 2.20. The average molecular weight is 297 g/mol. The molecule has 1 aromatic heterocycles. The monoisotopic (exact) mass is 297 g/mol. The molecule has 2 aromatic rings. The number of nitrogens with zero attached hydrogens (tertiary/aromatic N) is 2. The van der Waals surface area contributed by atoms with Gasteiger partial charge in [0.15, 0.2) is 0 Å². The molecule has 0 radical (unpaired) electrons. The topological polar surface area (TPSA) is 76.3 Å². The fourth-order valence-corrected chi connectivity index (χ4v) is 3.39. The number of nitrogen functional groups attached to an aromatic ring is 1. The van der Waals surface area contributed by atoms with Crippen molar-refractivity contribution in [3.05, 3.63) is 40.3 Å². The second kappa shape index (κ2) is 5.28. The van der Waals surface area contributed by atoms with E-state index in [0.29, 0.717) is 5.69 Å². The lowest BCUT2D eigenvalue weighted by Crippen LogP contribution is -2.26. The lowest BCUT2D eigenvalue weighted by Gasteiger charge is -2.16. The Morgan fingerprint density at radius 3 is 2.74 bits per heavy atom. The summed E-state index contributed by atoms with van der Waals surface area (Å²) in [5.74, 6) is 0. The van der Waals surface area contributed by atoms with E-state index in [9.17, 15) is 8.42 Å². The van der Waals surface area contributed by atoms with Crippen LogP contribution in [0.1, 0.15) is 11.3 Å². The molecule has 7 heteroatoms. The summed E-state index contributed by atoms with van der Waals surface area (Å²) in [6, 6.07) is 4.72. The molecule has 0 spiro atoms. The maximum absolute atomic E-state index is 12.4. The molecule has 0 saturated carbocycles. The van der Waals surface area contributed by atoms with E-state index in [-0.39, 0.29) is 11.4 Å². The van der Waals surface area contributed by atoms with Crippen molar-refractivity contribution in [1.82, 2.24) is 9.29 Å². The summed E-state index contributed by atoms with van der Waals surface area (Å²) in [6.45, 7) is 2.05. The lowest BCUT2D eigenvalue weighted by molar-refractivity contribution is 0.463. The molecule has 0 fully saturated rings. The molecule has 2 N–H and O–H groups in total. The smallest absolute Gasteiger partial charge is 0.243 e. The van der Waals surface area contributed by atoms with Crippen LogP contribution in [0.25, 0.3) is 0 Å². The van der Waals surface area contributed by atoms with Gasteiger partial charge < -0.3 is 5.73 Å². The standard InChI is InChI=1S/C12H15N3O2S2/c1-9-5-11(3-4-12(9)13)19(16,17)15(2)6-10-7-18-8-14-10/h3-5,7-8H,6,13H2,1-2H3. The van der Waals surface area contributed by atoms with E-state index in [2.05, 4.69) is 4.98 Å². The molecule has 0 bridgehead atoms. The molecule has 19 heavy (non-hydrogen) atoms. The van der Waals surface area contributed by atoms with Crippen molar-refractivity contribution in [1.29, 1.82) is 0 Å². The van der Waals surface area contributed by atoms with Gasteiger partial charge in [0.1, 0.15) is 0 Å². The fourth-order valence-electron chi connectivity index (χ4n) is 1.62. The highest BCUT2D eigenvalue weighted by atomic mass is 32.2. The summed E-state index contributed by atoms with van der Waals surface area (Å²) in [5.41, 5.74) is 9.46. The summed E-state index contributed by atoms with van der Waals surface area (Å²) in [7, 11) is -1.97. The van der Waals surface area contributed by atoms with Crippen LogP contribution >= 0.6 is 11.3 Å². The van der Waals surface area contributed by atoms with Crippen molar-refractivity contribution in [2.75, 3.05) is 12.8 Å². The molecular weight excluding hydrogens is 282 g/mol. The van der Waals surface area contributed by atoms with Gasteiger partial charge in [0, 0.05) is 18.1 Å². The van der Waals surface area contributed by atoms with Crippen molar-refractivity contribution >= 4 is 27.0 Å². The van der Waals surface area contributed by atoms with E-state index < -0.39 is 10.0 Å². The summed E-state index contributed by atoms with van der Waals surface area (Å²) in [6.07, 6.45) is 0. The Balaban J connectivity index is 2.28. The van der Waals surface area contributed by atoms with E-state index in [1.54, 1.807) is 31.6 Å². The van der Waals surface area contributed by atoms with E-state index >= 15 is 0 Å². The van der Waals surface area contributed by atoms with Gasteiger partial charge in [-0.3, -0.25) is 0 Å². The number of anilines is 1. The minimum atomic E-state index is -3.51. The van der Waals surface area contributed by atoms with Crippen LogP contribution in [0.15, 0.2) is 34.0 Å². The SMILES string of the molecule is Cc1cc(S(=O)(=O)N(C)Cc2cscn2)ccc1N. The van der Waals surface area contributed by atoms with Gasteiger partial charge in [-0.2, -0.15) is 4.31 Å². The number of rotatable bonds is 4. The largest absolute Gasteiger partial charge is 0.399 e. The molecule has 2 rings (SSSR count). The van der Waals surface area contributed by atoms with Crippen molar-refractivity contribution in [2.24, 2.45) is 0 Å². The van der Waals surface area contributed by atoms with Gasteiger partial charge in [-0.25, -0.2) is 13.4 Å². The minimum Gasteiger partial charge on any atom is -0.399 e. The summed E-state index contributed by atoms with van der Waals surface area (Å²) in [4.78, 5) is 4.33. The Morgan fingerprint density at radius 1 is 1.42 bits per heavy atom. The van der Waals surface area contributed by atoms with Gasteiger partial charge in [0.2, 0.25) is 10.0 Å². The third-order valence-electron chi connectivity index (χ3n) is 2.82. The normalized spacial score (nSPS) is 11.9. The molecule has 5 nitrogen and oxygen atoms in total. The molecule has 0 atom stereocenters. The number of nitrogens with two attached hydrogens (primary N) is 1. The second-order valence-electron chi connectivity index (χ2n) is 4.26. The number of aromatic nitrogens is 1. The Kier molecular flexibility index (Phi) is 3.88. The number of aryl methyl sites for hydroxylation is 1. The lowest BCUT2D eigenvalue weighted by atomic mass is 10.2. The van der Waals surface area contributed by atoms with E-state index in [1.807, 2.05) is 5.38 Å². The maximum atomic E-state index is 12.4. The predicted octanol–water partition coefficient (Wildman–Crippen LogP) is 1.85. The predicted molar refractivity (Wildman–Crippen MR) is 76.4 cm³/mol. The molecule has 1 aromatic carbocycles. The summed E-state index contributed by atoms with van der Waals surface area (Å²) in [5, 5.41) is 1.83. The molecule has 0 unspecified atom stereocenters. The first kappa shape index (κ1) is 14.0. The fraction of sp³-hybridized carbons (Fsp3) is 0.250. The molecule has 0 saturated heterocycles. The number of hydrogen-bond acceptors (Lipinski definition) is 5. The Hall–Kier alpha value is -1.44. The molecule has 0 amide bonds. The quantitative estimate of drug-likeness (QED) is 0.874. The molecule has 0 aliphatic heterocycles. The first-order chi connectivity index (χ1) is 8.91. The number of thiazole rings is 1. The number of benzene rings is 1. The van der Waals surface area contributed by atoms with Crippen LogP contribution in [0, 0.1) is 6.92 Å². The van der Waals surface area contributed by atoms with Crippen LogP contribution in [0.5, 0.6) is 0 Å². The number of hydrogen-bond donors (Lipinski definition) is 1. The van der Waals surface area contributed by atoms with E-state index in [4.69, 9.17) is 5.73 Å². The molecular formula is C12H15N3O2S2. The van der Waals surface area contributed by atoms with Crippen LogP contribution < -0.4 is 5.73 Å². The van der Waals surface area contributed by atoms with Crippen molar-refractivity contribution in [3.63, 3.8) is 0 Å². The minimum absolute atomic E-state index is 0.247. The maximum Gasteiger partial charge on any atom is 0.243 e. The second-order valence-corrected chi connectivity index (χ2v) is 7.02. The van der Waals surface area contributed by atoms with Gasteiger partial charge in [0.25, 0.3) is 0 Å².